The molecule has 0 spiro atoms. The van der Waals surface area contributed by atoms with Crippen molar-refractivity contribution in [3.8, 4) is 11.3 Å². The standard InChI is InChI=1S/C13H14N4/c1-7-3-4-10-9(5-7)13(8(2)15-10)11-6-12(14)17-16-11/h3-6,15H,1-2H3,(H3,14,16,17). The number of anilines is 1. The van der Waals surface area contributed by atoms with Crippen LogP contribution < -0.4 is 5.73 Å². The summed E-state index contributed by atoms with van der Waals surface area (Å²) in [4.78, 5) is 3.37. The molecule has 3 rings (SSSR count). The second kappa shape index (κ2) is 3.38. The van der Waals surface area contributed by atoms with Crippen molar-refractivity contribution in [2.24, 2.45) is 0 Å². The molecular weight excluding hydrogens is 212 g/mol. The highest BCUT2D eigenvalue weighted by molar-refractivity contribution is 5.97. The maximum Gasteiger partial charge on any atom is 0.145 e. The number of rotatable bonds is 1. The average molecular weight is 226 g/mol. The van der Waals surface area contributed by atoms with Gasteiger partial charge in [0.1, 0.15) is 5.82 Å². The highest BCUT2D eigenvalue weighted by Gasteiger charge is 2.12. The number of aryl methyl sites for hydroxylation is 2. The molecule has 4 nitrogen and oxygen atoms in total. The van der Waals surface area contributed by atoms with Crippen molar-refractivity contribution < 1.29 is 0 Å². The predicted molar refractivity (Wildman–Crippen MR) is 69.8 cm³/mol. The molecule has 0 aliphatic heterocycles. The Morgan fingerprint density at radius 1 is 1.18 bits per heavy atom. The highest BCUT2D eigenvalue weighted by Crippen LogP contribution is 2.31. The lowest BCUT2D eigenvalue weighted by Crippen LogP contribution is -1.81. The molecule has 86 valence electrons. The van der Waals surface area contributed by atoms with Crippen LogP contribution in [0.15, 0.2) is 24.3 Å². The van der Waals surface area contributed by atoms with Crippen LogP contribution in [0.1, 0.15) is 11.3 Å². The Morgan fingerprint density at radius 3 is 2.71 bits per heavy atom. The molecule has 0 saturated heterocycles. The predicted octanol–water partition coefficient (Wildman–Crippen LogP) is 2.76. The van der Waals surface area contributed by atoms with Crippen LogP contribution in [-0.2, 0) is 0 Å². The molecule has 0 saturated carbocycles. The summed E-state index contributed by atoms with van der Waals surface area (Å²) in [6, 6.07) is 8.23. The monoisotopic (exact) mass is 226 g/mol. The van der Waals surface area contributed by atoms with E-state index in [0.29, 0.717) is 5.82 Å². The van der Waals surface area contributed by atoms with E-state index in [9.17, 15) is 0 Å². The first-order valence-electron chi connectivity index (χ1n) is 5.55. The lowest BCUT2D eigenvalue weighted by Gasteiger charge is -1.98. The Hall–Kier alpha value is -2.23. The Morgan fingerprint density at radius 2 is 2.00 bits per heavy atom. The summed E-state index contributed by atoms with van der Waals surface area (Å²) in [7, 11) is 0. The number of hydrogen-bond acceptors (Lipinski definition) is 2. The van der Waals surface area contributed by atoms with E-state index in [0.717, 1.165) is 22.5 Å². The van der Waals surface area contributed by atoms with Gasteiger partial charge in [0.25, 0.3) is 0 Å². The molecule has 2 heterocycles. The van der Waals surface area contributed by atoms with Crippen LogP contribution in [0.3, 0.4) is 0 Å². The molecular formula is C13H14N4. The van der Waals surface area contributed by atoms with Gasteiger partial charge in [0, 0.05) is 28.2 Å². The summed E-state index contributed by atoms with van der Waals surface area (Å²) in [5.41, 5.74) is 11.3. The van der Waals surface area contributed by atoms with Crippen molar-refractivity contribution in [3.05, 3.63) is 35.5 Å². The number of benzene rings is 1. The molecule has 4 N–H and O–H groups in total. The largest absolute Gasteiger partial charge is 0.382 e. The minimum absolute atomic E-state index is 0.515. The average Bonchev–Trinajstić information content (AvgIpc) is 2.81. The smallest absolute Gasteiger partial charge is 0.145 e. The zero-order valence-electron chi connectivity index (χ0n) is 9.83. The van der Waals surface area contributed by atoms with Crippen LogP contribution in [0.4, 0.5) is 5.82 Å². The maximum absolute atomic E-state index is 5.66. The van der Waals surface area contributed by atoms with Crippen molar-refractivity contribution in [2.45, 2.75) is 13.8 Å². The Balaban J connectivity index is 2.34. The van der Waals surface area contributed by atoms with Crippen molar-refractivity contribution in [1.82, 2.24) is 15.2 Å². The van der Waals surface area contributed by atoms with Gasteiger partial charge in [-0.25, -0.2) is 0 Å². The number of fused-ring (bicyclic) bond motifs is 1. The number of nitrogens with zero attached hydrogens (tertiary/aromatic N) is 1. The lowest BCUT2D eigenvalue weighted by atomic mass is 10.1. The van der Waals surface area contributed by atoms with Crippen LogP contribution >= 0.6 is 0 Å². The number of nitrogens with two attached hydrogens (primary N) is 1. The number of H-pyrrole nitrogens is 2. The number of nitrogens with one attached hydrogen (secondary N) is 2. The van der Waals surface area contributed by atoms with Gasteiger partial charge in [0.05, 0.1) is 5.69 Å². The fraction of sp³-hybridized carbons (Fsp3) is 0.154. The van der Waals surface area contributed by atoms with Crippen molar-refractivity contribution >= 4 is 16.7 Å². The molecule has 3 aromatic rings. The van der Waals surface area contributed by atoms with E-state index in [-0.39, 0.29) is 0 Å². The summed E-state index contributed by atoms with van der Waals surface area (Å²) in [6.07, 6.45) is 0. The van der Waals surface area contributed by atoms with E-state index in [1.165, 1.54) is 10.9 Å². The first-order chi connectivity index (χ1) is 8.15. The molecule has 0 fully saturated rings. The van der Waals surface area contributed by atoms with Gasteiger partial charge >= 0.3 is 0 Å². The number of aromatic amines is 2. The SMILES string of the molecule is Cc1ccc2[nH]c(C)c(-c3cc(N)n[nH]3)c2c1. The fourth-order valence-corrected chi connectivity index (χ4v) is 2.25. The minimum Gasteiger partial charge on any atom is -0.382 e. The molecule has 0 aliphatic rings. The van der Waals surface area contributed by atoms with Crippen LogP contribution in [0, 0.1) is 13.8 Å². The second-order valence-electron chi connectivity index (χ2n) is 4.38. The molecule has 0 unspecified atom stereocenters. The van der Waals surface area contributed by atoms with Gasteiger partial charge < -0.3 is 10.7 Å². The molecule has 0 amide bonds. The van der Waals surface area contributed by atoms with E-state index >= 15 is 0 Å². The van der Waals surface area contributed by atoms with Crippen molar-refractivity contribution in [3.63, 3.8) is 0 Å². The van der Waals surface area contributed by atoms with Crippen LogP contribution in [0.25, 0.3) is 22.2 Å². The maximum atomic E-state index is 5.66. The molecule has 4 heteroatoms. The molecule has 17 heavy (non-hydrogen) atoms. The first-order valence-corrected chi connectivity index (χ1v) is 5.55. The van der Waals surface area contributed by atoms with Crippen molar-refractivity contribution in [1.29, 1.82) is 0 Å². The molecule has 2 aromatic heterocycles. The van der Waals surface area contributed by atoms with Crippen LogP contribution in [-0.4, -0.2) is 15.2 Å². The zero-order valence-corrected chi connectivity index (χ0v) is 9.83. The van der Waals surface area contributed by atoms with E-state index in [1.54, 1.807) is 0 Å². The summed E-state index contributed by atoms with van der Waals surface area (Å²) in [5.74, 6) is 0.515. The molecule has 0 aliphatic carbocycles. The van der Waals surface area contributed by atoms with E-state index in [4.69, 9.17) is 5.73 Å². The Bertz CT molecular complexity index is 691. The fourth-order valence-electron chi connectivity index (χ4n) is 2.25. The lowest BCUT2D eigenvalue weighted by molar-refractivity contribution is 1.10. The van der Waals surface area contributed by atoms with Crippen molar-refractivity contribution in [2.75, 3.05) is 5.73 Å². The highest BCUT2D eigenvalue weighted by atomic mass is 15.2. The topological polar surface area (TPSA) is 70.5 Å². The normalized spacial score (nSPS) is 11.2. The third-order valence-electron chi connectivity index (χ3n) is 3.01. The summed E-state index contributed by atoms with van der Waals surface area (Å²) in [5, 5.41) is 8.15. The third kappa shape index (κ3) is 1.49. The molecule has 1 aromatic carbocycles. The minimum atomic E-state index is 0.515. The summed E-state index contributed by atoms with van der Waals surface area (Å²) >= 11 is 0. The van der Waals surface area contributed by atoms with Gasteiger partial charge in [0.2, 0.25) is 0 Å². The number of nitrogen functional groups attached to an aromatic ring is 1. The second-order valence-corrected chi connectivity index (χ2v) is 4.38. The Kier molecular flexibility index (Phi) is 1.98. The quantitative estimate of drug-likeness (QED) is 0.597. The summed E-state index contributed by atoms with van der Waals surface area (Å²) in [6.45, 7) is 4.15. The van der Waals surface area contributed by atoms with Gasteiger partial charge in [-0.1, -0.05) is 11.6 Å². The van der Waals surface area contributed by atoms with E-state index < -0.39 is 0 Å². The molecule has 0 atom stereocenters. The van der Waals surface area contributed by atoms with Crippen LogP contribution in [0.2, 0.25) is 0 Å². The summed E-state index contributed by atoms with van der Waals surface area (Å²) < 4.78 is 0. The van der Waals surface area contributed by atoms with E-state index in [1.807, 2.05) is 6.07 Å². The van der Waals surface area contributed by atoms with Gasteiger partial charge in [-0.3, -0.25) is 5.10 Å². The van der Waals surface area contributed by atoms with Gasteiger partial charge in [-0.15, -0.1) is 0 Å². The Labute approximate surface area is 98.8 Å². The van der Waals surface area contributed by atoms with E-state index in [2.05, 4.69) is 47.2 Å². The number of aromatic nitrogens is 3. The first kappa shape index (κ1) is 9.96. The third-order valence-corrected chi connectivity index (χ3v) is 3.01. The number of hydrogen-bond donors (Lipinski definition) is 3. The zero-order chi connectivity index (χ0) is 12.0. The van der Waals surface area contributed by atoms with Gasteiger partial charge in [-0.05, 0) is 26.0 Å². The molecule has 0 bridgehead atoms. The molecule has 0 radical (unpaired) electrons. The van der Waals surface area contributed by atoms with Gasteiger partial charge in [-0.2, -0.15) is 5.10 Å². The van der Waals surface area contributed by atoms with Gasteiger partial charge in [0.15, 0.2) is 0 Å². The van der Waals surface area contributed by atoms with Crippen LogP contribution in [0.5, 0.6) is 0 Å².